The van der Waals surface area contributed by atoms with Crippen LogP contribution in [0.25, 0.3) is 22.0 Å². The van der Waals surface area contributed by atoms with Crippen LogP contribution in [-0.4, -0.2) is 27.1 Å². The van der Waals surface area contributed by atoms with Gasteiger partial charge in [-0.2, -0.15) is 4.57 Å². The van der Waals surface area contributed by atoms with Crippen molar-refractivity contribution in [2.45, 2.75) is 32.2 Å². The highest BCUT2D eigenvalue weighted by atomic mass is 16.7. The maximum atomic E-state index is 6.19. The molecule has 6 heteroatoms. The zero-order valence-corrected chi connectivity index (χ0v) is 17.3. The fourth-order valence-corrected chi connectivity index (χ4v) is 4.30. The molecule has 0 spiro atoms. The Bertz CT molecular complexity index is 1100. The molecule has 0 bridgehead atoms. The normalized spacial score (nSPS) is 13.8. The highest BCUT2D eigenvalue weighted by Gasteiger charge is 2.28. The Balaban J connectivity index is 1.54. The van der Waals surface area contributed by atoms with E-state index < -0.39 is 0 Å². The van der Waals surface area contributed by atoms with Gasteiger partial charge in [0, 0.05) is 12.5 Å². The summed E-state index contributed by atoms with van der Waals surface area (Å²) in [5, 5.41) is 2.20. The summed E-state index contributed by atoms with van der Waals surface area (Å²) in [4.78, 5) is 0. The second-order valence-electron chi connectivity index (χ2n) is 7.76. The SMILES string of the molecule is COc1ccc2cc3[n+](cc2c1OCCCCCN)CCc1cc2c(cc1-3)OCO2. The van der Waals surface area contributed by atoms with Crippen LogP contribution in [0.4, 0.5) is 0 Å². The second-order valence-corrected chi connectivity index (χ2v) is 7.76. The number of fused-ring (bicyclic) bond motifs is 5. The average Bonchev–Trinajstić information content (AvgIpc) is 3.23. The largest absolute Gasteiger partial charge is 0.493 e. The molecule has 30 heavy (non-hydrogen) atoms. The molecule has 2 aromatic carbocycles. The van der Waals surface area contributed by atoms with E-state index in [0.717, 1.165) is 72.5 Å². The smallest absolute Gasteiger partial charge is 0.231 e. The molecule has 2 aliphatic rings. The molecule has 0 saturated heterocycles. The zero-order valence-electron chi connectivity index (χ0n) is 17.3. The van der Waals surface area contributed by atoms with Crippen molar-refractivity contribution < 1.29 is 23.5 Å². The van der Waals surface area contributed by atoms with Crippen LogP contribution in [0.2, 0.25) is 0 Å². The Morgan fingerprint density at radius 3 is 2.77 bits per heavy atom. The van der Waals surface area contributed by atoms with E-state index in [1.165, 1.54) is 16.8 Å². The van der Waals surface area contributed by atoms with Crippen LogP contribution in [0.5, 0.6) is 23.0 Å². The topological polar surface area (TPSA) is 66.8 Å². The monoisotopic (exact) mass is 407 g/mol. The van der Waals surface area contributed by atoms with E-state index in [0.29, 0.717) is 13.4 Å². The molecular weight excluding hydrogens is 380 g/mol. The lowest BCUT2D eigenvalue weighted by Gasteiger charge is -2.18. The number of hydrogen-bond donors (Lipinski definition) is 1. The average molecular weight is 407 g/mol. The minimum atomic E-state index is 0.293. The quantitative estimate of drug-likeness (QED) is 0.479. The van der Waals surface area contributed by atoms with Gasteiger partial charge >= 0.3 is 0 Å². The van der Waals surface area contributed by atoms with Crippen molar-refractivity contribution in [2.24, 2.45) is 5.73 Å². The first-order chi connectivity index (χ1) is 14.8. The molecule has 0 radical (unpaired) electrons. The standard InChI is InChI=1S/C24H27N2O4/c1-27-21-6-5-16-11-20-18-13-23-22(29-15-30-23)12-17(18)7-9-26(20)14-19(16)24(21)28-10-4-2-3-8-25/h5-6,11-14H,2-4,7-10,15,25H2,1H3/q+1. The van der Waals surface area contributed by atoms with Gasteiger partial charge in [-0.15, -0.1) is 0 Å². The Labute approximate surface area is 176 Å². The Morgan fingerprint density at radius 2 is 1.93 bits per heavy atom. The minimum Gasteiger partial charge on any atom is -0.493 e. The van der Waals surface area contributed by atoms with Crippen LogP contribution in [0.1, 0.15) is 24.8 Å². The van der Waals surface area contributed by atoms with Crippen LogP contribution in [0, 0.1) is 0 Å². The zero-order chi connectivity index (χ0) is 20.5. The summed E-state index contributed by atoms with van der Waals surface area (Å²) in [5.74, 6) is 3.24. The molecule has 0 fully saturated rings. The number of hydrogen-bond acceptors (Lipinski definition) is 5. The molecule has 5 rings (SSSR count). The van der Waals surface area contributed by atoms with Gasteiger partial charge in [0.15, 0.2) is 35.7 Å². The maximum absolute atomic E-state index is 6.19. The van der Waals surface area contributed by atoms with Crippen LogP contribution in [0.15, 0.2) is 36.5 Å². The molecule has 0 saturated carbocycles. The number of unbranched alkanes of at least 4 members (excludes halogenated alkanes) is 2. The fourth-order valence-electron chi connectivity index (χ4n) is 4.30. The van der Waals surface area contributed by atoms with Gasteiger partial charge < -0.3 is 24.7 Å². The molecule has 2 aliphatic heterocycles. The first-order valence-electron chi connectivity index (χ1n) is 10.6. The number of pyridine rings is 1. The van der Waals surface area contributed by atoms with Gasteiger partial charge in [-0.3, -0.25) is 0 Å². The van der Waals surface area contributed by atoms with Crippen molar-refractivity contribution in [3.05, 3.63) is 42.1 Å². The van der Waals surface area contributed by atoms with Crippen molar-refractivity contribution in [3.8, 4) is 34.3 Å². The van der Waals surface area contributed by atoms with Crippen LogP contribution in [0.3, 0.4) is 0 Å². The van der Waals surface area contributed by atoms with Crippen molar-refractivity contribution in [2.75, 3.05) is 27.1 Å². The Kier molecular flexibility index (Phi) is 5.09. The van der Waals surface area contributed by atoms with E-state index in [4.69, 9.17) is 24.7 Å². The number of methoxy groups -OCH3 is 1. The molecule has 0 aliphatic carbocycles. The number of rotatable bonds is 7. The Morgan fingerprint density at radius 1 is 1.07 bits per heavy atom. The van der Waals surface area contributed by atoms with E-state index in [9.17, 15) is 0 Å². The van der Waals surface area contributed by atoms with Crippen LogP contribution in [-0.2, 0) is 13.0 Å². The third kappa shape index (κ3) is 3.31. The van der Waals surface area contributed by atoms with Gasteiger partial charge in [0.25, 0.3) is 0 Å². The molecule has 6 nitrogen and oxygen atoms in total. The van der Waals surface area contributed by atoms with Gasteiger partial charge in [0.1, 0.15) is 0 Å². The van der Waals surface area contributed by atoms with Crippen molar-refractivity contribution in [1.82, 2.24) is 0 Å². The summed E-state index contributed by atoms with van der Waals surface area (Å²) in [6.07, 6.45) is 6.22. The predicted molar refractivity (Wildman–Crippen MR) is 114 cm³/mol. The number of ether oxygens (including phenoxy) is 4. The molecule has 0 amide bonds. The van der Waals surface area contributed by atoms with E-state index in [-0.39, 0.29) is 0 Å². The molecule has 0 unspecified atom stereocenters. The van der Waals surface area contributed by atoms with Crippen LogP contribution < -0.4 is 29.2 Å². The fraction of sp³-hybridized carbons (Fsp3) is 0.375. The van der Waals surface area contributed by atoms with Crippen molar-refractivity contribution in [3.63, 3.8) is 0 Å². The molecule has 3 heterocycles. The summed E-state index contributed by atoms with van der Waals surface area (Å²) < 4.78 is 25.3. The maximum Gasteiger partial charge on any atom is 0.231 e. The first kappa shape index (κ1) is 19.0. The van der Waals surface area contributed by atoms with E-state index >= 15 is 0 Å². The summed E-state index contributed by atoms with van der Waals surface area (Å²) in [7, 11) is 1.69. The van der Waals surface area contributed by atoms with E-state index in [1.807, 2.05) is 6.07 Å². The number of nitrogens with zero attached hydrogens (tertiary/aromatic N) is 1. The van der Waals surface area contributed by atoms with Gasteiger partial charge in [-0.1, -0.05) is 0 Å². The van der Waals surface area contributed by atoms with E-state index in [1.54, 1.807) is 7.11 Å². The predicted octanol–water partition coefficient (Wildman–Crippen LogP) is 3.60. The third-order valence-electron chi connectivity index (χ3n) is 5.89. The summed E-state index contributed by atoms with van der Waals surface area (Å²) in [6.45, 7) is 2.58. The highest BCUT2D eigenvalue weighted by Crippen LogP contribution is 2.41. The lowest BCUT2D eigenvalue weighted by atomic mass is 9.95. The molecule has 3 aromatic rings. The molecule has 1 aromatic heterocycles. The third-order valence-corrected chi connectivity index (χ3v) is 5.89. The number of aryl methyl sites for hydroxylation is 2. The highest BCUT2D eigenvalue weighted by molar-refractivity contribution is 5.91. The van der Waals surface area contributed by atoms with Crippen molar-refractivity contribution >= 4 is 10.8 Å². The minimum absolute atomic E-state index is 0.293. The lowest BCUT2D eigenvalue weighted by molar-refractivity contribution is -0.686. The van der Waals surface area contributed by atoms with Gasteiger partial charge in [0.2, 0.25) is 12.5 Å². The van der Waals surface area contributed by atoms with Gasteiger partial charge in [0.05, 0.1) is 24.7 Å². The second kappa shape index (κ2) is 8.03. The first-order valence-corrected chi connectivity index (χ1v) is 10.6. The lowest BCUT2D eigenvalue weighted by Crippen LogP contribution is -2.40. The molecular formula is C24H27N2O4+. The van der Waals surface area contributed by atoms with Crippen LogP contribution >= 0.6 is 0 Å². The van der Waals surface area contributed by atoms with Gasteiger partial charge in [-0.05, 0) is 61.0 Å². The number of benzene rings is 2. The summed E-state index contributed by atoms with van der Waals surface area (Å²) >= 11 is 0. The van der Waals surface area contributed by atoms with E-state index in [2.05, 4.69) is 35.0 Å². The molecule has 156 valence electrons. The number of nitrogens with two attached hydrogens (primary N) is 1. The van der Waals surface area contributed by atoms with Gasteiger partial charge in [-0.25, -0.2) is 0 Å². The molecule has 2 N–H and O–H groups in total. The van der Waals surface area contributed by atoms with Crippen molar-refractivity contribution in [1.29, 1.82) is 0 Å². The number of aromatic nitrogens is 1. The summed E-state index contributed by atoms with van der Waals surface area (Å²) in [5.41, 5.74) is 9.27. The summed E-state index contributed by atoms with van der Waals surface area (Å²) in [6, 6.07) is 10.5. The Hall–Kier alpha value is -2.99. The molecule has 0 atom stereocenters.